The first-order chi connectivity index (χ1) is 8.35. The minimum atomic E-state index is 0.314. The lowest BCUT2D eigenvalue weighted by Crippen LogP contribution is -2.31. The summed E-state index contributed by atoms with van der Waals surface area (Å²) in [6.07, 6.45) is 13.9. The smallest absolute Gasteiger partial charge is 0.0708 e. The minimum absolute atomic E-state index is 0.314. The van der Waals surface area contributed by atoms with E-state index in [-0.39, 0.29) is 0 Å². The molecule has 1 aliphatic heterocycles. The van der Waals surface area contributed by atoms with Gasteiger partial charge in [-0.05, 0) is 38.6 Å². The minimum Gasteiger partial charge on any atom is -0.370 e. The molecule has 100 valence electrons. The molecule has 0 amide bonds. The fourth-order valence-corrected chi connectivity index (χ4v) is 3.37. The predicted octanol–water partition coefficient (Wildman–Crippen LogP) is 3.65. The van der Waals surface area contributed by atoms with Crippen LogP contribution in [-0.2, 0) is 4.74 Å². The van der Waals surface area contributed by atoms with Crippen LogP contribution in [0.1, 0.15) is 71.1 Å². The van der Waals surface area contributed by atoms with E-state index in [9.17, 15) is 0 Å². The molecule has 17 heavy (non-hydrogen) atoms. The molecule has 2 rings (SSSR count). The highest BCUT2D eigenvalue weighted by atomic mass is 16.5. The van der Waals surface area contributed by atoms with Crippen molar-refractivity contribution in [3.63, 3.8) is 0 Å². The van der Waals surface area contributed by atoms with Gasteiger partial charge in [-0.3, -0.25) is 0 Å². The molecule has 0 radical (unpaired) electrons. The highest BCUT2D eigenvalue weighted by Gasteiger charge is 2.41. The topological polar surface area (TPSA) is 21.3 Å². The summed E-state index contributed by atoms with van der Waals surface area (Å²) in [7, 11) is 0. The SMILES string of the molecule is CCCCCCNCC1CCC2(CCCC2)O1. The maximum absolute atomic E-state index is 6.28. The molecule has 1 saturated carbocycles. The fourth-order valence-electron chi connectivity index (χ4n) is 3.37. The summed E-state index contributed by atoms with van der Waals surface area (Å²) >= 11 is 0. The van der Waals surface area contributed by atoms with Gasteiger partial charge < -0.3 is 10.1 Å². The molecule has 0 aromatic heterocycles. The average Bonchev–Trinajstić information content (AvgIpc) is 2.95. The molecule has 0 bridgehead atoms. The Morgan fingerprint density at radius 2 is 1.94 bits per heavy atom. The highest BCUT2D eigenvalue weighted by molar-refractivity contribution is 4.93. The quantitative estimate of drug-likeness (QED) is 0.685. The molecule has 1 spiro atoms. The molecule has 0 aromatic carbocycles. The van der Waals surface area contributed by atoms with Crippen molar-refractivity contribution in [1.29, 1.82) is 0 Å². The van der Waals surface area contributed by atoms with Gasteiger partial charge in [0.2, 0.25) is 0 Å². The van der Waals surface area contributed by atoms with E-state index in [4.69, 9.17) is 4.74 Å². The Morgan fingerprint density at radius 1 is 1.12 bits per heavy atom. The van der Waals surface area contributed by atoms with Crippen molar-refractivity contribution in [2.75, 3.05) is 13.1 Å². The van der Waals surface area contributed by atoms with Crippen LogP contribution >= 0.6 is 0 Å². The third kappa shape index (κ3) is 3.96. The third-order valence-electron chi connectivity index (χ3n) is 4.43. The monoisotopic (exact) mass is 239 g/mol. The van der Waals surface area contributed by atoms with Gasteiger partial charge in [-0.15, -0.1) is 0 Å². The van der Waals surface area contributed by atoms with Gasteiger partial charge in [0, 0.05) is 6.54 Å². The zero-order valence-corrected chi connectivity index (χ0v) is 11.5. The summed E-state index contributed by atoms with van der Waals surface area (Å²) in [6.45, 7) is 4.52. The molecule has 1 atom stereocenters. The van der Waals surface area contributed by atoms with Crippen LogP contribution in [0.5, 0.6) is 0 Å². The second-order valence-corrected chi connectivity index (χ2v) is 5.93. The maximum atomic E-state index is 6.28. The van der Waals surface area contributed by atoms with E-state index in [0.29, 0.717) is 11.7 Å². The van der Waals surface area contributed by atoms with E-state index in [2.05, 4.69) is 12.2 Å². The zero-order chi connectivity index (χ0) is 12.0. The first kappa shape index (κ1) is 13.4. The van der Waals surface area contributed by atoms with Crippen molar-refractivity contribution in [2.45, 2.75) is 82.8 Å². The van der Waals surface area contributed by atoms with Crippen molar-refractivity contribution in [1.82, 2.24) is 5.32 Å². The van der Waals surface area contributed by atoms with Crippen LogP contribution in [0.4, 0.5) is 0 Å². The molecule has 1 N–H and O–H groups in total. The van der Waals surface area contributed by atoms with Gasteiger partial charge >= 0.3 is 0 Å². The van der Waals surface area contributed by atoms with Crippen molar-refractivity contribution in [2.24, 2.45) is 0 Å². The Hall–Kier alpha value is -0.0800. The summed E-state index contributed by atoms with van der Waals surface area (Å²) in [5, 5.41) is 3.57. The van der Waals surface area contributed by atoms with E-state index >= 15 is 0 Å². The van der Waals surface area contributed by atoms with Crippen molar-refractivity contribution < 1.29 is 4.74 Å². The molecular weight excluding hydrogens is 210 g/mol. The lowest BCUT2D eigenvalue weighted by Gasteiger charge is -2.23. The third-order valence-corrected chi connectivity index (χ3v) is 4.43. The van der Waals surface area contributed by atoms with Gasteiger partial charge in [-0.2, -0.15) is 0 Å². The number of hydrogen-bond donors (Lipinski definition) is 1. The second-order valence-electron chi connectivity index (χ2n) is 5.93. The Bertz CT molecular complexity index is 211. The molecule has 1 saturated heterocycles. The molecule has 1 unspecified atom stereocenters. The highest BCUT2D eigenvalue weighted by Crippen LogP contribution is 2.43. The van der Waals surface area contributed by atoms with Crippen LogP contribution in [0.3, 0.4) is 0 Å². The summed E-state index contributed by atoms with van der Waals surface area (Å²) in [5.74, 6) is 0. The van der Waals surface area contributed by atoms with Crippen molar-refractivity contribution in [3.05, 3.63) is 0 Å². The summed E-state index contributed by atoms with van der Waals surface area (Å²) in [4.78, 5) is 0. The Morgan fingerprint density at radius 3 is 2.71 bits per heavy atom. The molecule has 2 aliphatic rings. The maximum Gasteiger partial charge on any atom is 0.0708 e. The summed E-state index contributed by atoms with van der Waals surface area (Å²) in [6, 6.07) is 0. The first-order valence-electron chi connectivity index (χ1n) is 7.73. The van der Waals surface area contributed by atoms with Gasteiger partial charge in [0.1, 0.15) is 0 Å². The van der Waals surface area contributed by atoms with E-state index in [0.717, 1.165) is 6.54 Å². The van der Waals surface area contributed by atoms with Crippen LogP contribution in [0.25, 0.3) is 0 Å². The molecule has 0 aromatic rings. The van der Waals surface area contributed by atoms with Crippen LogP contribution in [-0.4, -0.2) is 24.8 Å². The van der Waals surface area contributed by atoms with Crippen LogP contribution < -0.4 is 5.32 Å². The van der Waals surface area contributed by atoms with Gasteiger partial charge in [-0.25, -0.2) is 0 Å². The fraction of sp³-hybridized carbons (Fsp3) is 1.00. The van der Waals surface area contributed by atoms with Crippen molar-refractivity contribution >= 4 is 0 Å². The largest absolute Gasteiger partial charge is 0.370 e. The molecular formula is C15H29NO. The van der Waals surface area contributed by atoms with E-state index in [1.807, 2.05) is 0 Å². The van der Waals surface area contributed by atoms with Gasteiger partial charge in [0.05, 0.1) is 11.7 Å². The summed E-state index contributed by atoms with van der Waals surface area (Å²) < 4.78 is 6.28. The van der Waals surface area contributed by atoms with Crippen LogP contribution in [0.2, 0.25) is 0 Å². The lowest BCUT2D eigenvalue weighted by molar-refractivity contribution is -0.0350. The normalized spacial score (nSPS) is 27.0. The van der Waals surface area contributed by atoms with Gasteiger partial charge in [0.15, 0.2) is 0 Å². The van der Waals surface area contributed by atoms with E-state index in [1.54, 1.807) is 0 Å². The summed E-state index contributed by atoms with van der Waals surface area (Å²) in [5.41, 5.74) is 0.314. The number of rotatable bonds is 7. The Balaban J connectivity index is 1.52. The number of hydrogen-bond acceptors (Lipinski definition) is 2. The molecule has 2 fully saturated rings. The van der Waals surface area contributed by atoms with Gasteiger partial charge in [0.25, 0.3) is 0 Å². The van der Waals surface area contributed by atoms with E-state index < -0.39 is 0 Å². The van der Waals surface area contributed by atoms with Crippen molar-refractivity contribution in [3.8, 4) is 0 Å². The Labute approximate surface area is 107 Å². The molecule has 1 heterocycles. The Kier molecular flexibility index (Phi) is 5.30. The average molecular weight is 239 g/mol. The van der Waals surface area contributed by atoms with E-state index in [1.165, 1.54) is 70.8 Å². The van der Waals surface area contributed by atoms with Crippen LogP contribution in [0.15, 0.2) is 0 Å². The molecule has 1 aliphatic carbocycles. The molecule has 2 heteroatoms. The number of unbranched alkanes of at least 4 members (excludes halogenated alkanes) is 3. The van der Waals surface area contributed by atoms with Crippen LogP contribution in [0, 0.1) is 0 Å². The first-order valence-corrected chi connectivity index (χ1v) is 7.73. The predicted molar refractivity (Wildman–Crippen MR) is 72.3 cm³/mol. The number of nitrogens with one attached hydrogen (secondary N) is 1. The molecule has 2 nitrogen and oxygen atoms in total. The standard InChI is InChI=1S/C15H29NO/c1-2-3-4-7-12-16-13-14-8-11-15(17-14)9-5-6-10-15/h14,16H,2-13H2,1H3. The second kappa shape index (κ2) is 6.75. The van der Waals surface area contributed by atoms with Gasteiger partial charge in [-0.1, -0.05) is 39.0 Å². The zero-order valence-electron chi connectivity index (χ0n) is 11.5. The number of ether oxygens (including phenoxy) is 1. The lowest BCUT2D eigenvalue weighted by atomic mass is 9.98.